The van der Waals surface area contributed by atoms with Crippen LogP contribution in [0.25, 0.3) is 11.1 Å². The number of aliphatic carboxylic acids is 1. The maximum atomic E-state index is 15.7. The number of rotatable bonds is 6. The van der Waals surface area contributed by atoms with Gasteiger partial charge in [-0.25, -0.2) is 14.0 Å². The highest BCUT2D eigenvalue weighted by Crippen LogP contribution is 2.47. The quantitative estimate of drug-likeness (QED) is 0.318. The van der Waals surface area contributed by atoms with E-state index in [4.69, 9.17) is 19.2 Å². The van der Waals surface area contributed by atoms with Crippen LogP contribution >= 0.6 is 0 Å². The Hall–Kier alpha value is -3.98. The predicted octanol–water partition coefficient (Wildman–Crippen LogP) is 7.20. The van der Waals surface area contributed by atoms with E-state index >= 15 is 4.39 Å². The zero-order valence-corrected chi connectivity index (χ0v) is 26.5. The van der Waals surface area contributed by atoms with Gasteiger partial charge in [0.05, 0.1) is 24.4 Å². The van der Waals surface area contributed by atoms with Crippen LogP contribution in [0, 0.1) is 19.7 Å². The third kappa shape index (κ3) is 6.15. The van der Waals surface area contributed by atoms with Crippen LogP contribution in [-0.4, -0.2) is 45.8 Å². The lowest BCUT2D eigenvalue weighted by atomic mass is 9.76. The van der Waals surface area contributed by atoms with Gasteiger partial charge in [0.2, 0.25) is 0 Å². The topological polar surface area (TPSA) is 98.2 Å². The highest BCUT2D eigenvalue weighted by atomic mass is 19.1. The van der Waals surface area contributed by atoms with E-state index in [0.717, 1.165) is 28.8 Å². The third-order valence-electron chi connectivity index (χ3n) is 8.23. The molecular formula is C35H41FN2O6. The van der Waals surface area contributed by atoms with Crippen molar-refractivity contribution in [1.82, 2.24) is 9.88 Å². The molecule has 1 aromatic heterocycles. The molecule has 44 heavy (non-hydrogen) atoms. The lowest BCUT2D eigenvalue weighted by molar-refractivity contribution is -0.160. The van der Waals surface area contributed by atoms with E-state index in [1.165, 1.54) is 6.07 Å². The summed E-state index contributed by atoms with van der Waals surface area (Å²) in [5, 5.41) is 10.5. The summed E-state index contributed by atoms with van der Waals surface area (Å²) in [5.74, 6) is -1.45. The van der Waals surface area contributed by atoms with Crippen molar-refractivity contribution in [3.8, 4) is 16.9 Å². The number of carboxylic acid groups (broad SMARTS) is 1. The lowest BCUT2D eigenvalue weighted by Crippen LogP contribution is -2.46. The van der Waals surface area contributed by atoms with Crippen molar-refractivity contribution in [3.63, 3.8) is 0 Å². The van der Waals surface area contributed by atoms with Gasteiger partial charge in [-0.1, -0.05) is 44.2 Å². The molecule has 234 valence electrons. The fourth-order valence-corrected chi connectivity index (χ4v) is 6.34. The van der Waals surface area contributed by atoms with E-state index in [-0.39, 0.29) is 18.9 Å². The molecule has 0 spiro atoms. The van der Waals surface area contributed by atoms with Gasteiger partial charge in [-0.15, -0.1) is 0 Å². The van der Waals surface area contributed by atoms with Crippen LogP contribution in [0.5, 0.6) is 5.75 Å². The van der Waals surface area contributed by atoms with Gasteiger partial charge in [-0.3, -0.25) is 4.98 Å². The number of ether oxygens (including phenoxy) is 3. The first-order valence-electron chi connectivity index (χ1n) is 15.0. The fourth-order valence-electron chi connectivity index (χ4n) is 6.34. The molecule has 0 saturated heterocycles. The summed E-state index contributed by atoms with van der Waals surface area (Å²) >= 11 is 0. The number of carboxylic acids is 1. The minimum absolute atomic E-state index is 0.110. The molecule has 1 unspecified atom stereocenters. The maximum Gasteiger partial charge on any atom is 0.410 e. The standard InChI is InChI=1S/C35H41FN2O6/c1-20-23-14-11-15-42-29(23)26(36)16-24(20)28-25-17-38(33(41)43-18-22-12-9-8-10-13-22)19-35(6,7)31(25)37-21(2)27(28)30(32(39)40)44-34(3,4)5/h8-10,12-13,16,30H,11,14-15,17-19H2,1-7H3,(H,39,40). The maximum absolute atomic E-state index is 15.7. The van der Waals surface area contributed by atoms with E-state index in [1.54, 1.807) is 32.6 Å². The number of carbonyl (C=O) groups excluding carboxylic acids is 1. The molecule has 3 heterocycles. The normalized spacial score (nSPS) is 16.4. The molecule has 0 bridgehead atoms. The van der Waals surface area contributed by atoms with Gasteiger partial charge in [-0.05, 0) is 75.8 Å². The van der Waals surface area contributed by atoms with Gasteiger partial charge in [-0.2, -0.15) is 0 Å². The number of pyridine rings is 1. The number of hydrogen-bond acceptors (Lipinski definition) is 6. The van der Waals surface area contributed by atoms with Gasteiger partial charge < -0.3 is 24.2 Å². The zero-order chi connectivity index (χ0) is 32.0. The highest BCUT2D eigenvalue weighted by molar-refractivity contribution is 5.85. The molecule has 2 aliphatic rings. The van der Waals surface area contributed by atoms with E-state index in [1.807, 2.05) is 51.1 Å². The first-order valence-corrected chi connectivity index (χ1v) is 15.0. The highest BCUT2D eigenvalue weighted by Gasteiger charge is 2.42. The largest absolute Gasteiger partial charge is 0.490 e. The molecule has 5 rings (SSSR count). The minimum Gasteiger partial charge on any atom is -0.490 e. The van der Waals surface area contributed by atoms with Crippen molar-refractivity contribution >= 4 is 12.1 Å². The Morgan fingerprint density at radius 2 is 1.86 bits per heavy atom. The number of hydrogen-bond donors (Lipinski definition) is 1. The fraction of sp³-hybridized carbons (Fsp3) is 0.457. The Morgan fingerprint density at radius 3 is 2.52 bits per heavy atom. The summed E-state index contributed by atoms with van der Waals surface area (Å²) in [6.07, 6.45) is -0.502. The molecule has 0 fully saturated rings. The Balaban J connectivity index is 1.72. The molecule has 3 aromatic rings. The van der Waals surface area contributed by atoms with Crippen LogP contribution in [-0.2, 0) is 39.3 Å². The number of carbonyl (C=O) groups is 2. The number of fused-ring (bicyclic) bond motifs is 2. The number of aromatic nitrogens is 1. The molecule has 2 aliphatic heterocycles. The monoisotopic (exact) mass is 604 g/mol. The van der Waals surface area contributed by atoms with Crippen molar-refractivity contribution in [2.45, 2.75) is 91.6 Å². The van der Waals surface area contributed by atoms with E-state index in [2.05, 4.69) is 0 Å². The molecular weight excluding hydrogens is 563 g/mol. The molecule has 8 nitrogen and oxygen atoms in total. The van der Waals surface area contributed by atoms with Crippen molar-refractivity contribution < 1.29 is 33.3 Å². The molecule has 1 N–H and O–H groups in total. The molecule has 1 amide bonds. The van der Waals surface area contributed by atoms with E-state index < -0.39 is 35.0 Å². The van der Waals surface area contributed by atoms with Crippen LogP contribution in [0.3, 0.4) is 0 Å². The minimum atomic E-state index is -1.39. The molecule has 9 heteroatoms. The van der Waals surface area contributed by atoms with Gasteiger partial charge in [0.15, 0.2) is 17.7 Å². The zero-order valence-electron chi connectivity index (χ0n) is 26.5. The Bertz CT molecular complexity index is 1600. The summed E-state index contributed by atoms with van der Waals surface area (Å²) in [4.78, 5) is 32.9. The predicted molar refractivity (Wildman–Crippen MR) is 164 cm³/mol. The summed E-state index contributed by atoms with van der Waals surface area (Å²) in [5.41, 5.74) is 4.29. The van der Waals surface area contributed by atoms with Crippen LogP contribution in [0.4, 0.5) is 9.18 Å². The first-order chi connectivity index (χ1) is 20.7. The van der Waals surface area contributed by atoms with Gasteiger partial charge in [0.1, 0.15) is 6.61 Å². The molecule has 1 atom stereocenters. The Kier molecular flexibility index (Phi) is 8.46. The second-order valence-corrected chi connectivity index (χ2v) is 13.3. The van der Waals surface area contributed by atoms with Gasteiger partial charge in [0.25, 0.3) is 0 Å². The average molecular weight is 605 g/mol. The number of nitrogens with zero attached hydrogens (tertiary/aromatic N) is 2. The summed E-state index contributed by atoms with van der Waals surface area (Å²) in [6.45, 7) is 14.0. The molecule has 2 aromatic carbocycles. The number of halogens is 1. The second kappa shape index (κ2) is 11.8. The number of benzene rings is 2. The van der Waals surface area contributed by atoms with Gasteiger partial charge >= 0.3 is 12.1 Å². The SMILES string of the molecule is Cc1nc2c(c(-c3cc(F)c4c(c3C)CCCO4)c1C(OC(C)(C)C)C(=O)O)CN(C(=O)OCc1ccccc1)CC2(C)C. The van der Waals surface area contributed by atoms with Crippen LogP contribution < -0.4 is 4.74 Å². The first kappa shape index (κ1) is 31.4. The Morgan fingerprint density at radius 1 is 1.16 bits per heavy atom. The van der Waals surface area contributed by atoms with Crippen LogP contribution in [0.15, 0.2) is 36.4 Å². The van der Waals surface area contributed by atoms with E-state index in [9.17, 15) is 14.7 Å². The van der Waals surface area contributed by atoms with Crippen molar-refractivity contribution in [2.24, 2.45) is 0 Å². The summed E-state index contributed by atoms with van der Waals surface area (Å²) < 4.78 is 33.3. The molecule has 0 saturated carbocycles. The number of aryl methyl sites for hydroxylation is 1. The smallest absolute Gasteiger partial charge is 0.410 e. The van der Waals surface area contributed by atoms with E-state index in [0.29, 0.717) is 47.5 Å². The van der Waals surface area contributed by atoms with Crippen LogP contribution in [0.1, 0.15) is 86.3 Å². The van der Waals surface area contributed by atoms with Crippen molar-refractivity contribution in [2.75, 3.05) is 13.2 Å². The van der Waals surface area contributed by atoms with Gasteiger partial charge in [0, 0.05) is 34.3 Å². The second-order valence-electron chi connectivity index (χ2n) is 13.3. The van der Waals surface area contributed by atoms with Crippen molar-refractivity contribution in [3.05, 3.63) is 81.4 Å². The summed E-state index contributed by atoms with van der Waals surface area (Å²) in [6, 6.07) is 10.9. The number of amides is 1. The average Bonchev–Trinajstić information content (AvgIpc) is 2.96. The van der Waals surface area contributed by atoms with Crippen LogP contribution in [0.2, 0.25) is 0 Å². The molecule has 0 radical (unpaired) electrons. The Labute approximate surface area is 258 Å². The van der Waals surface area contributed by atoms with Crippen molar-refractivity contribution in [1.29, 1.82) is 0 Å². The third-order valence-corrected chi connectivity index (χ3v) is 8.23. The summed E-state index contributed by atoms with van der Waals surface area (Å²) in [7, 11) is 0. The lowest BCUT2D eigenvalue weighted by Gasteiger charge is -2.41. The molecule has 0 aliphatic carbocycles.